The first-order valence-corrected chi connectivity index (χ1v) is 6.21. The fraction of sp³-hybridized carbons (Fsp3) is 0.462. The van der Waals surface area contributed by atoms with E-state index in [0.29, 0.717) is 17.1 Å². The largest absolute Gasteiger partial charge is 0.323 e. The third kappa shape index (κ3) is 3.44. The van der Waals surface area contributed by atoms with Crippen LogP contribution < -0.4 is 0 Å². The average molecular weight is 266 g/mol. The van der Waals surface area contributed by atoms with Gasteiger partial charge in [-0.25, -0.2) is 4.98 Å². The maximum Gasteiger partial charge on any atom is 0.255 e. The van der Waals surface area contributed by atoms with Gasteiger partial charge in [-0.05, 0) is 32.4 Å². The zero-order chi connectivity index (χ0) is 13.7. The molecule has 1 heterocycles. The maximum absolute atomic E-state index is 12.3. The highest BCUT2D eigenvalue weighted by molar-refractivity contribution is 6.29. The van der Waals surface area contributed by atoms with E-state index in [9.17, 15) is 4.79 Å². The molecule has 1 rings (SSSR count). The second kappa shape index (κ2) is 6.36. The third-order valence-corrected chi connectivity index (χ3v) is 2.78. The van der Waals surface area contributed by atoms with Crippen molar-refractivity contribution in [3.63, 3.8) is 0 Å². The monoisotopic (exact) mass is 265 g/mol. The minimum Gasteiger partial charge on any atom is -0.323 e. The number of hydrogen-bond acceptors (Lipinski definition) is 3. The molecule has 0 fully saturated rings. The predicted molar refractivity (Wildman–Crippen MR) is 70.4 cm³/mol. The van der Waals surface area contributed by atoms with Crippen LogP contribution in [0.4, 0.5) is 0 Å². The van der Waals surface area contributed by atoms with Crippen LogP contribution in [0, 0.1) is 11.3 Å². The van der Waals surface area contributed by atoms with Gasteiger partial charge in [-0.15, -0.1) is 0 Å². The van der Waals surface area contributed by atoms with Gasteiger partial charge in [0.1, 0.15) is 11.7 Å². The van der Waals surface area contributed by atoms with Crippen LogP contribution in [0.2, 0.25) is 5.15 Å². The Morgan fingerprint density at radius 2 is 2.22 bits per heavy atom. The number of nitrogens with zero attached hydrogens (tertiary/aromatic N) is 3. The maximum atomic E-state index is 12.3. The molecule has 0 aliphatic rings. The quantitative estimate of drug-likeness (QED) is 0.621. The molecular weight excluding hydrogens is 250 g/mol. The van der Waals surface area contributed by atoms with Gasteiger partial charge in [-0.1, -0.05) is 18.5 Å². The van der Waals surface area contributed by atoms with Crippen LogP contribution in [0.15, 0.2) is 12.1 Å². The molecule has 0 aromatic carbocycles. The molecule has 5 heteroatoms. The Morgan fingerprint density at radius 3 is 2.72 bits per heavy atom. The number of aromatic nitrogens is 1. The lowest BCUT2D eigenvalue weighted by Crippen LogP contribution is -2.37. The van der Waals surface area contributed by atoms with E-state index in [0.717, 1.165) is 5.69 Å². The summed E-state index contributed by atoms with van der Waals surface area (Å²) in [5.41, 5.74) is 1.25. The number of pyridine rings is 1. The molecule has 0 radical (unpaired) electrons. The zero-order valence-corrected chi connectivity index (χ0v) is 11.5. The Bertz CT molecular complexity index is 480. The molecule has 1 amide bonds. The van der Waals surface area contributed by atoms with Crippen molar-refractivity contribution in [1.82, 2.24) is 9.88 Å². The van der Waals surface area contributed by atoms with Gasteiger partial charge in [-0.3, -0.25) is 4.79 Å². The highest BCUT2D eigenvalue weighted by Gasteiger charge is 2.19. The SMILES string of the molecule is CCc1cc(C(=O)N(CC#N)C(C)C)cc(Cl)n1. The van der Waals surface area contributed by atoms with Crippen LogP contribution in [0.5, 0.6) is 0 Å². The van der Waals surface area contributed by atoms with E-state index in [-0.39, 0.29) is 18.5 Å². The van der Waals surface area contributed by atoms with E-state index in [1.165, 1.54) is 11.0 Å². The number of carbonyl (C=O) groups excluding carboxylic acids is 1. The summed E-state index contributed by atoms with van der Waals surface area (Å²) in [7, 11) is 0. The van der Waals surface area contributed by atoms with Crippen molar-refractivity contribution in [3.8, 4) is 6.07 Å². The molecule has 4 nitrogen and oxygen atoms in total. The molecule has 0 aliphatic carbocycles. The molecule has 1 aromatic heterocycles. The summed E-state index contributed by atoms with van der Waals surface area (Å²) in [5.74, 6) is -0.189. The van der Waals surface area contributed by atoms with Crippen LogP contribution in [0.3, 0.4) is 0 Å². The molecule has 1 aromatic rings. The van der Waals surface area contributed by atoms with Gasteiger partial charge in [-0.2, -0.15) is 5.26 Å². The number of carbonyl (C=O) groups is 1. The summed E-state index contributed by atoms with van der Waals surface area (Å²) < 4.78 is 0. The number of halogens is 1. The van der Waals surface area contributed by atoms with Crippen LogP contribution in [-0.2, 0) is 6.42 Å². The molecular formula is C13H16ClN3O. The highest BCUT2D eigenvalue weighted by atomic mass is 35.5. The van der Waals surface area contributed by atoms with Crippen molar-refractivity contribution < 1.29 is 4.79 Å². The van der Waals surface area contributed by atoms with Crippen LogP contribution >= 0.6 is 11.6 Å². The van der Waals surface area contributed by atoms with Crippen molar-refractivity contribution >= 4 is 17.5 Å². The summed E-state index contributed by atoms with van der Waals surface area (Å²) in [6.45, 7) is 5.76. The summed E-state index contributed by atoms with van der Waals surface area (Å²) in [6.07, 6.45) is 0.709. The third-order valence-electron chi connectivity index (χ3n) is 2.58. The second-order valence-corrected chi connectivity index (χ2v) is 4.60. The second-order valence-electron chi connectivity index (χ2n) is 4.21. The fourth-order valence-electron chi connectivity index (χ4n) is 1.59. The Hall–Kier alpha value is -1.60. The Kier molecular flexibility index (Phi) is 5.11. The minimum absolute atomic E-state index is 0.0332. The van der Waals surface area contributed by atoms with Crippen molar-refractivity contribution in [2.24, 2.45) is 0 Å². The molecule has 0 aliphatic heterocycles. The molecule has 0 saturated carbocycles. The van der Waals surface area contributed by atoms with E-state index in [1.807, 2.05) is 26.8 Å². The van der Waals surface area contributed by atoms with Gasteiger partial charge in [0.25, 0.3) is 5.91 Å². The van der Waals surface area contributed by atoms with Crippen molar-refractivity contribution in [2.75, 3.05) is 6.54 Å². The lowest BCUT2D eigenvalue weighted by Gasteiger charge is -2.24. The topological polar surface area (TPSA) is 57.0 Å². The van der Waals surface area contributed by atoms with E-state index in [1.54, 1.807) is 6.07 Å². The van der Waals surface area contributed by atoms with Gasteiger partial charge in [0.2, 0.25) is 0 Å². The smallest absolute Gasteiger partial charge is 0.255 e. The summed E-state index contributed by atoms with van der Waals surface area (Å²) in [6, 6.07) is 5.23. The summed E-state index contributed by atoms with van der Waals surface area (Å²) in [5, 5.41) is 9.06. The predicted octanol–water partition coefficient (Wildman–Crippen LogP) is 2.67. The van der Waals surface area contributed by atoms with E-state index >= 15 is 0 Å². The van der Waals surface area contributed by atoms with Crippen molar-refractivity contribution in [3.05, 3.63) is 28.5 Å². The summed E-state index contributed by atoms with van der Waals surface area (Å²) >= 11 is 5.89. The van der Waals surface area contributed by atoms with Gasteiger partial charge >= 0.3 is 0 Å². The number of amides is 1. The molecule has 0 N–H and O–H groups in total. The Balaban J connectivity index is 3.09. The average Bonchev–Trinajstić information content (AvgIpc) is 2.33. The Morgan fingerprint density at radius 1 is 1.56 bits per heavy atom. The van der Waals surface area contributed by atoms with E-state index < -0.39 is 0 Å². The van der Waals surface area contributed by atoms with Gasteiger partial charge in [0.15, 0.2) is 0 Å². The highest BCUT2D eigenvalue weighted by Crippen LogP contribution is 2.15. The van der Waals surface area contributed by atoms with Gasteiger partial charge < -0.3 is 4.90 Å². The Labute approximate surface area is 112 Å². The van der Waals surface area contributed by atoms with E-state index in [2.05, 4.69) is 4.98 Å². The van der Waals surface area contributed by atoms with Crippen molar-refractivity contribution in [2.45, 2.75) is 33.2 Å². The van der Waals surface area contributed by atoms with Gasteiger partial charge in [0.05, 0.1) is 6.07 Å². The summed E-state index contributed by atoms with van der Waals surface area (Å²) in [4.78, 5) is 17.9. The molecule has 0 saturated heterocycles. The van der Waals surface area contributed by atoms with Crippen LogP contribution in [0.1, 0.15) is 36.8 Å². The lowest BCUT2D eigenvalue weighted by molar-refractivity contribution is 0.0731. The molecule has 18 heavy (non-hydrogen) atoms. The fourth-order valence-corrected chi connectivity index (χ4v) is 1.81. The lowest BCUT2D eigenvalue weighted by atomic mass is 10.1. The standard InChI is InChI=1S/C13H16ClN3O/c1-4-11-7-10(8-12(14)16-11)13(18)17(6-5-15)9(2)3/h7-9H,4,6H2,1-3H3. The number of nitriles is 1. The number of aryl methyl sites for hydroxylation is 1. The van der Waals surface area contributed by atoms with Crippen molar-refractivity contribution in [1.29, 1.82) is 5.26 Å². The first-order valence-electron chi connectivity index (χ1n) is 5.84. The molecule has 0 bridgehead atoms. The van der Waals surface area contributed by atoms with E-state index in [4.69, 9.17) is 16.9 Å². The van der Waals surface area contributed by atoms with Gasteiger partial charge in [0, 0.05) is 17.3 Å². The zero-order valence-electron chi connectivity index (χ0n) is 10.8. The molecule has 0 spiro atoms. The first kappa shape index (κ1) is 14.5. The molecule has 0 atom stereocenters. The van der Waals surface area contributed by atoms with Crippen LogP contribution in [0.25, 0.3) is 0 Å². The molecule has 96 valence electrons. The first-order chi connectivity index (χ1) is 8.49. The number of hydrogen-bond donors (Lipinski definition) is 0. The van der Waals surface area contributed by atoms with Crippen LogP contribution in [-0.4, -0.2) is 28.4 Å². The number of rotatable bonds is 4. The molecule has 0 unspecified atom stereocenters. The normalized spacial score (nSPS) is 10.2. The minimum atomic E-state index is -0.189.